The predicted molar refractivity (Wildman–Crippen MR) is 146 cm³/mol. The summed E-state index contributed by atoms with van der Waals surface area (Å²) >= 11 is 0. The number of azo groups is 3. The van der Waals surface area contributed by atoms with Crippen LogP contribution in [0, 0.1) is 0 Å². The minimum absolute atomic E-state index is 0.254. The maximum Gasteiger partial charge on any atom is 0.294 e. The molecular formula is C24H22N10O3S. The summed E-state index contributed by atoms with van der Waals surface area (Å²) in [4.78, 5) is -0.258. The van der Waals surface area contributed by atoms with Crippen molar-refractivity contribution in [2.75, 3.05) is 22.9 Å². The normalized spacial score (nSPS) is 12.1. The van der Waals surface area contributed by atoms with Gasteiger partial charge >= 0.3 is 0 Å². The monoisotopic (exact) mass is 530 g/mol. The van der Waals surface area contributed by atoms with Gasteiger partial charge in [0, 0.05) is 5.69 Å². The van der Waals surface area contributed by atoms with Gasteiger partial charge in [0.2, 0.25) is 0 Å². The van der Waals surface area contributed by atoms with E-state index in [9.17, 15) is 8.42 Å². The van der Waals surface area contributed by atoms with E-state index in [0.29, 0.717) is 39.8 Å². The molecule has 0 radical (unpaired) electrons. The number of benzene rings is 4. The maximum atomic E-state index is 11.2. The van der Waals surface area contributed by atoms with Crippen molar-refractivity contribution in [3.8, 4) is 0 Å². The van der Waals surface area contributed by atoms with Gasteiger partial charge in [0.1, 0.15) is 17.1 Å². The van der Waals surface area contributed by atoms with Gasteiger partial charge in [-0.25, -0.2) is 0 Å². The number of nitrogens with zero attached hydrogens (tertiary/aromatic N) is 6. The number of rotatable bonds is 7. The van der Waals surface area contributed by atoms with Crippen molar-refractivity contribution in [3.05, 3.63) is 78.9 Å². The number of hydrogen-bond donors (Lipinski definition) is 5. The maximum absolute atomic E-state index is 11.2. The zero-order chi connectivity index (χ0) is 27.3. The molecule has 0 aliphatic rings. The van der Waals surface area contributed by atoms with Crippen LogP contribution in [0.3, 0.4) is 0 Å². The van der Waals surface area contributed by atoms with E-state index in [-0.39, 0.29) is 22.0 Å². The summed E-state index contributed by atoms with van der Waals surface area (Å²) in [5.74, 6) is 0. The summed E-state index contributed by atoms with van der Waals surface area (Å²) in [5, 5.41) is 24.9. The second-order valence-electron chi connectivity index (χ2n) is 7.88. The Morgan fingerprint density at radius 3 is 1.61 bits per heavy atom. The highest BCUT2D eigenvalue weighted by atomic mass is 32.2. The predicted octanol–water partition coefficient (Wildman–Crippen LogP) is 6.51. The molecular weight excluding hydrogens is 508 g/mol. The van der Waals surface area contributed by atoms with Crippen molar-refractivity contribution in [2.45, 2.75) is 4.90 Å². The molecule has 0 heterocycles. The van der Waals surface area contributed by atoms with E-state index in [1.807, 2.05) is 0 Å². The van der Waals surface area contributed by atoms with Gasteiger partial charge in [-0.05, 0) is 72.8 Å². The highest BCUT2D eigenvalue weighted by Crippen LogP contribution is 2.36. The van der Waals surface area contributed by atoms with E-state index in [2.05, 4.69) is 30.7 Å². The fourth-order valence-electron chi connectivity index (χ4n) is 3.09. The quantitative estimate of drug-likeness (QED) is 0.101. The minimum atomic E-state index is -4.30. The van der Waals surface area contributed by atoms with Crippen LogP contribution in [0.5, 0.6) is 0 Å². The molecule has 4 aromatic carbocycles. The van der Waals surface area contributed by atoms with Crippen LogP contribution in [0.25, 0.3) is 0 Å². The Morgan fingerprint density at radius 2 is 1.05 bits per heavy atom. The van der Waals surface area contributed by atoms with E-state index >= 15 is 0 Å². The molecule has 14 heteroatoms. The molecule has 0 bridgehead atoms. The number of anilines is 4. The van der Waals surface area contributed by atoms with Crippen molar-refractivity contribution < 1.29 is 13.0 Å². The Morgan fingerprint density at radius 1 is 0.526 bits per heavy atom. The Bertz CT molecular complexity index is 1680. The largest absolute Gasteiger partial charge is 0.399 e. The summed E-state index contributed by atoms with van der Waals surface area (Å²) in [6.07, 6.45) is 0. The third-order valence-electron chi connectivity index (χ3n) is 5.01. The van der Waals surface area contributed by atoms with Gasteiger partial charge in [0.05, 0.1) is 39.0 Å². The first-order chi connectivity index (χ1) is 18.1. The Labute approximate surface area is 217 Å². The SMILES string of the molecule is Nc1ccc(N=Nc2cccc(N=Nc3cc(N=Nc4ccc(S(=O)(=O)O)cc4)c(N)cc3N)c2)c(N)c1. The summed E-state index contributed by atoms with van der Waals surface area (Å²) < 4.78 is 31.4. The van der Waals surface area contributed by atoms with E-state index in [1.54, 1.807) is 42.5 Å². The van der Waals surface area contributed by atoms with E-state index < -0.39 is 10.1 Å². The molecule has 4 aromatic rings. The lowest BCUT2D eigenvalue weighted by Gasteiger charge is -2.04. The molecule has 0 atom stereocenters. The topological polar surface area (TPSA) is 233 Å². The third-order valence-corrected chi connectivity index (χ3v) is 5.88. The molecule has 4 rings (SSSR count). The molecule has 0 saturated carbocycles. The van der Waals surface area contributed by atoms with Crippen LogP contribution < -0.4 is 22.9 Å². The average Bonchev–Trinajstić information content (AvgIpc) is 2.87. The summed E-state index contributed by atoms with van der Waals surface area (Å²) in [6.45, 7) is 0. The second kappa shape index (κ2) is 10.8. The van der Waals surface area contributed by atoms with Crippen LogP contribution >= 0.6 is 0 Å². The summed E-state index contributed by atoms with van der Waals surface area (Å²) in [6, 6.07) is 20.0. The first-order valence-corrected chi connectivity index (χ1v) is 12.3. The Hall–Kier alpha value is -5.21. The van der Waals surface area contributed by atoms with E-state index in [0.717, 1.165) is 0 Å². The lowest BCUT2D eigenvalue weighted by atomic mass is 10.2. The van der Waals surface area contributed by atoms with Crippen molar-refractivity contribution in [1.82, 2.24) is 0 Å². The van der Waals surface area contributed by atoms with Crippen LogP contribution in [-0.2, 0) is 10.1 Å². The van der Waals surface area contributed by atoms with Gasteiger partial charge < -0.3 is 22.9 Å². The average molecular weight is 531 g/mol. The number of nitrogens with two attached hydrogens (primary N) is 4. The van der Waals surface area contributed by atoms with Crippen LogP contribution in [-0.4, -0.2) is 13.0 Å². The van der Waals surface area contributed by atoms with Gasteiger partial charge in [-0.2, -0.15) is 23.8 Å². The molecule has 0 saturated heterocycles. The molecule has 0 amide bonds. The van der Waals surface area contributed by atoms with Gasteiger partial charge in [-0.1, -0.05) is 6.07 Å². The first-order valence-electron chi connectivity index (χ1n) is 10.9. The summed E-state index contributed by atoms with van der Waals surface area (Å²) in [5.41, 5.74) is 27.5. The molecule has 38 heavy (non-hydrogen) atoms. The molecule has 0 aliphatic heterocycles. The molecule has 192 valence electrons. The molecule has 0 unspecified atom stereocenters. The van der Waals surface area contributed by atoms with Crippen molar-refractivity contribution >= 4 is 67.0 Å². The molecule has 0 aliphatic carbocycles. The molecule has 0 fully saturated rings. The van der Waals surface area contributed by atoms with Crippen LogP contribution in [0.15, 0.2) is 114 Å². The smallest absolute Gasteiger partial charge is 0.294 e. The standard InChI is InChI=1S/C24H22N10O3S/c25-14-4-9-22(19(26)10-14)32-30-16-2-1-3-17(11-16)31-34-24-13-23(20(27)12-21(24)28)33-29-15-5-7-18(8-6-15)38(35,36)37/h1-13H,25-28H2,(H,35,36,37). The lowest BCUT2D eigenvalue weighted by Crippen LogP contribution is -1.96. The molecule has 9 N–H and O–H groups in total. The Balaban J connectivity index is 1.53. The van der Waals surface area contributed by atoms with Crippen molar-refractivity contribution in [1.29, 1.82) is 0 Å². The lowest BCUT2D eigenvalue weighted by molar-refractivity contribution is 0.483. The zero-order valence-electron chi connectivity index (χ0n) is 19.7. The third kappa shape index (κ3) is 6.51. The van der Waals surface area contributed by atoms with Gasteiger partial charge in [0.15, 0.2) is 0 Å². The fourth-order valence-corrected chi connectivity index (χ4v) is 3.57. The fraction of sp³-hybridized carbons (Fsp3) is 0. The van der Waals surface area contributed by atoms with Gasteiger partial charge in [0.25, 0.3) is 10.1 Å². The van der Waals surface area contributed by atoms with Crippen molar-refractivity contribution in [3.63, 3.8) is 0 Å². The van der Waals surface area contributed by atoms with Gasteiger partial charge in [-0.15, -0.1) is 15.3 Å². The second-order valence-corrected chi connectivity index (χ2v) is 9.30. The highest BCUT2D eigenvalue weighted by Gasteiger charge is 2.09. The number of hydrogen-bond acceptors (Lipinski definition) is 12. The number of nitrogen functional groups attached to an aromatic ring is 4. The molecule has 0 aromatic heterocycles. The van der Waals surface area contributed by atoms with Crippen molar-refractivity contribution in [2.24, 2.45) is 30.7 Å². The molecule has 0 spiro atoms. The molecule has 13 nitrogen and oxygen atoms in total. The van der Waals surface area contributed by atoms with E-state index in [4.69, 9.17) is 27.5 Å². The zero-order valence-corrected chi connectivity index (χ0v) is 20.5. The van der Waals surface area contributed by atoms with E-state index in [1.165, 1.54) is 36.4 Å². The summed E-state index contributed by atoms with van der Waals surface area (Å²) in [7, 11) is -4.30. The highest BCUT2D eigenvalue weighted by molar-refractivity contribution is 7.85. The minimum Gasteiger partial charge on any atom is -0.399 e. The van der Waals surface area contributed by atoms with Crippen LogP contribution in [0.4, 0.5) is 56.9 Å². The Kier molecular flexibility index (Phi) is 7.36. The van der Waals surface area contributed by atoms with Gasteiger partial charge in [-0.3, -0.25) is 4.55 Å². The van der Waals surface area contributed by atoms with Crippen LogP contribution in [0.1, 0.15) is 0 Å². The first kappa shape index (κ1) is 25.9. The van der Waals surface area contributed by atoms with Crippen LogP contribution in [0.2, 0.25) is 0 Å².